The Morgan fingerprint density at radius 2 is 1.74 bits per heavy atom. The Balaban J connectivity index is 2.32. The zero-order valence-corrected chi connectivity index (χ0v) is 21.1. The smallest absolute Gasteiger partial charge is 0.324 e. The lowest BCUT2D eigenvalue weighted by Crippen LogP contribution is -2.44. The molecule has 4 atom stereocenters. The number of nitriles is 1. The highest BCUT2D eigenvalue weighted by Crippen LogP contribution is 2.52. The quantitative estimate of drug-likeness (QED) is 0.514. The second-order valence-electron chi connectivity index (χ2n) is 11.1. The first kappa shape index (κ1) is 26.1. The minimum atomic E-state index is -1.39. The Kier molecular flexibility index (Phi) is 7.13. The topological polar surface area (TPSA) is 62.1 Å². The molecule has 1 aliphatic rings. The molecule has 1 heterocycles. The lowest BCUT2D eigenvalue weighted by Gasteiger charge is -2.37. The first-order valence-corrected chi connectivity index (χ1v) is 11.7. The normalized spacial score (nSPS) is 25.1. The predicted octanol–water partition coefficient (Wildman–Crippen LogP) is 6.28. The van der Waals surface area contributed by atoms with Gasteiger partial charge in [-0.2, -0.15) is 5.26 Å². The third-order valence-corrected chi connectivity index (χ3v) is 6.35. The van der Waals surface area contributed by atoms with E-state index in [2.05, 4.69) is 11.4 Å². The molecule has 1 saturated heterocycles. The van der Waals surface area contributed by atoms with Crippen LogP contribution in [0.5, 0.6) is 0 Å². The second kappa shape index (κ2) is 9.28. The maximum Gasteiger partial charge on any atom is 0.324 e. The number of halogens is 3. The monoisotopic (exact) mass is 488 g/mol. The zero-order chi connectivity index (χ0) is 25.5. The molecule has 0 spiro atoms. The van der Waals surface area contributed by atoms with E-state index in [1.807, 2.05) is 20.8 Å². The number of benzene rings is 2. The number of hydrogen-bond acceptors (Lipinski definition) is 4. The van der Waals surface area contributed by atoms with Crippen molar-refractivity contribution in [2.24, 2.45) is 5.41 Å². The fraction of sp³-hybridized carbons (Fsp3) is 0.481. The van der Waals surface area contributed by atoms with Gasteiger partial charge in [-0.05, 0) is 61.9 Å². The van der Waals surface area contributed by atoms with Crippen LogP contribution in [-0.4, -0.2) is 23.7 Å². The number of carbonyl (C=O) groups excluding carboxylic acids is 1. The molecule has 0 amide bonds. The summed E-state index contributed by atoms with van der Waals surface area (Å²) >= 11 is 6.13. The number of esters is 1. The Morgan fingerprint density at radius 3 is 2.26 bits per heavy atom. The third kappa shape index (κ3) is 5.11. The number of hydrogen-bond donors (Lipinski definition) is 1. The Hall–Kier alpha value is -2.49. The molecule has 7 heteroatoms. The van der Waals surface area contributed by atoms with Gasteiger partial charge in [0.2, 0.25) is 0 Å². The summed E-state index contributed by atoms with van der Waals surface area (Å²) in [5.41, 5.74) is -1.79. The highest BCUT2D eigenvalue weighted by Gasteiger charge is 2.61. The van der Waals surface area contributed by atoms with E-state index < -0.39 is 46.6 Å². The van der Waals surface area contributed by atoms with Gasteiger partial charge in [0, 0.05) is 12.0 Å². The SMILES string of the molecule is CC(C)(C)C[C@@H]1N[C@@H](C(=O)OC(C)(C)C)[C@H](c2cccc(Cl)c2F)[C@@]1(C#N)c1ccc(F)cc1. The largest absolute Gasteiger partial charge is 0.459 e. The van der Waals surface area contributed by atoms with Crippen molar-refractivity contribution in [1.82, 2.24) is 5.32 Å². The van der Waals surface area contributed by atoms with Crippen LogP contribution in [0, 0.1) is 28.4 Å². The van der Waals surface area contributed by atoms with Crippen LogP contribution in [0.3, 0.4) is 0 Å². The van der Waals surface area contributed by atoms with Gasteiger partial charge in [0.1, 0.15) is 28.7 Å². The summed E-state index contributed by atoms with van der Waals surface area (Å²) in [7, 11) is 0. The van der Waals surface area contributed by atoms with E-state index >= 15 is 4.39 Å². The molecule has 1 N–H and O–H groups in total. The number of ether oxygens (including phenoxy) is 1. The molecule has 0 saturated carbocycles. The maximum atomic E-state index is 15.5. The minimum absolute atomic E-state index is 0.106. The average Bonchev–Trinajstić information content (AvgIpc) is 3.02. The number of nitrogens with zero attached hydrogens (tertiary/aromatic N) is 1. The molecule has 2 aromatic carbocycles. The highest BCUT2D eigenvalue weighted by atomic mass is 35.5. The van der Waals surface area contributed by atoms with Crippen LogP contribution in [0.25, 0.3) is 0 Å². The van der Waals surface area contributed by atoms with Crippen LogP contribution < -0.4 is 5.32 Å². The first-order valence-electron chi connectivity index (χ1n) is 11.3. The second-order valence-corrected chi connectivity index (χ2v) is 11.5. The summed E-state index contributed by atoms with van der Waals surface area (Å²) < 4.78 is 35.0. The van der Waals surface area contributed by atoms with Gasteiger partial charge in [-0.25, -0.2) is 8.78 Å². The third-order valence-electron chi connectivity index (χ3n) is 6.05. The lowest BCUT2D eigenvalue weighted by atomic mass is 9.63. The molecular formula is C27H31ClF2N2O2. The van der Waals surface area contributed by atoms with Gasteiger partial charge in [0.15, 0.2) is 0 Å². The first-order chi connectivity index (χ1) is 15.7. The van der Waals surface area contributed by atoms with Crippen molar-refractivity contribution in [3.63, 3.8) is 0 Å². The summed E-state index contributed by atoms with van der Waals surface area (Å²) in [4.78, 5) is 13.4. The Bertz CT molecular complexity index is 1100. The maximum absolute atomic E-state index is 15.5. The lowest BCUT2D eigenvalue weighted by molar-refractivity contribution is -0.157. The summed E-state index contributed by atoms with van der Waals surface area (Å²) in [6, 6.07) is 11.0. The molecule has 182 valence electrons. The molecule has 34 heavy (non-hydrogen) atoms. The standard InChI is InChI=1S/C27H31ClF2N2O2/c1-25(2,3)14-20-27(15-31,16-10-12-17(29)13-11-16)21(18-8-7-9-19(28)22(18)30)23(32-20)24(33)34-26(4,5)6/h7-13,20-21,23,32H,14H2,1-6H3/t20-,21-,23+,27-/m0/s1. The minimum Gasteiger partial charge on any atom is -0.459 e. The van der Waals surface area contributed by atoms with Crippen LogP contribution >= 0.6 is 11.6 Å². The van der Waals surface area contributed by atoms with Crippen molar-refractivity contribution < 1.29 is 18.3 Å². The van der Waals surface area contributed by atoms with Crippen LogP contribution in [0.4, 0.5) is 8.78 Å². The van der Waals surface area contributed by atoms with Gasteiger partial charge in [-0.15, -0.1) is 0 Å². The van der Waals surface area contributed by atoms with E-state index in [9.17, 15) is 14.4 Å². The molecule has 0 aliphatic carbocycles. The zero-order valence-electron chi connectivity index (χ0n) is 20.4. The molecule has 2 aromatic rings. The van der Waals surface area contributed by atoms with Crippen LogP contribution in [-0.2, 0) is 14.9 Å². The molecule has 0 unspecified atom stereocenters. The van der Waals surface area contributed by atoms with E-state index in [1.54, 1.807) is 32.9 Å². The number of carbonyl (C=O) groups is 1. The average molecular weight is 489 g/mol. The van der Waals surface area contributed by atoms with Crippen LogP contribution in [0.15, 0.2) is 42.5 Å². The van der Waals surface area contributed by atoms with Crippen molar-refractivity contribution in [2.75, 3.05) is 0 Å². The molecule has 4 nitrogen and oxygen atoms in total. The summed E-state index contributed by atoms with van der Waals surface area (Å²) in [6.07, 6.45) is 0.496. The van der Waals surface area contributed by atoms with Gasteiger partial charge in [0.25, 0.3) is 0 Å². The van der Waals surface area contributed by atoms with E-state index in [4.69, 9.17) is 16.3 Å². The molecular weight excluding hydrogens is 458 g/mol. The molecule has 0 radical (unpaired) electrons. The van der Waals surface area contributed by atoms with Gasteiger partial charge in [0.05, 0.1) is 11.1 Å². The van der Waals surface area contributed by atoms with Gasteiger partial charge in [-0.1, -0.05) is 56.6 Å². The number of nitrogens with one attached hydrogen (secondary N) is 1. The van der Waals surface area contributed by atoms with Gasteiger partial charge in [-0.3, -0.25) is 10.1 Å². The molecule has 0 bridgehead atoms. The summed E-state index contributed by atoms with van der Waals surface area (Å²) in [5.74, 6) is -2.70. The number of rotatable bonds is 4. The Labute approximate surface area is 205 Å². The summed E-state index contributed by atoms with van der Waals surface area (Å²) in [6.45, 7) is 11.3. The van der Waals surface area contributed by atoms with Crippen LogP contribution in [0.2, 0.25) is 5.02 Å². The fourth-order valence-electron chi connectivity index (χ4n) is 4.83. The van der Waals surface area contributed by atoms with Gasteiger partial charge < -0.3 is 4.74 Å². The van der Waals surface area contributed by atoms with Crippen molar-refractivity contribution >= 4 is 17.6 Å². The molecule has 0 aromatic heterocycles. The van der Waals surface area contributed by atoms with Crippen LogP contribution in [0.1, 0.15) is 65.0 Å². The predicted molar refractivity (Wildman–Crippen MR) is 128 cm³/mol. The molecule has 3 rings (SSSR count). The fourth-order valence-corrected chi connectivity index (χ4v) is 5.01. The highest BCUT2D eigenvalue weighted by molar-refractivity contribution is 6.30. The van der Waals surface area contributed by atoms with Gasteiger partial charge >= 0.3 is 5.97 Å². The molecule has 1 aliphatic heterocycles. The molecule has 1 fully saturated rings. The van der Waals surface area contributed by atoms with E-state index in [-0.39, 0.29) is 16.0 Å². The van der Waals surface area contributed by atoms with Crippen molar-refractivity contribution in [3.8, 4) is 6.07 Å². The van der Waals surface area contributed by atoms with Crippen molar-refractivity contribution in [1.29, 1.82) is 5.26 Å². The van der Waals surface area contributed by atoms with E-state index in [1.165, 1.54) is 30.3 Å². The van der Waals surface area contributed by atoms with E-state index in [0.717, 1.165) is 0 Å². The summed E-state index contributed by atoms with van der Waals surface area (Å²) in [5, 5.41) is 14.0. The van der Waals surface area contributed by atoms with Crippen molar-refractivity contribution in [3.05, 3.63) is 70.2 Å². The Morgan fingerprint density at radius 1 is 1.12 bits per heavy atom. The van der Waals surface area contributed by atoms with E-state index in [0.29, 0.717) is 12.0 Å². The van der Waals surface area contributed by atoms with Crippen molar-refractivity contribution in [2.45, 2.75) is 77.0 Å².